The molecule has 1 atom stereocenters. The third-order valence-electron chi connectivity index (χ3n) is 3.24. The maximum atomic E-state index is 5.59. The first-order valence-electron chi connectivity index (χ1n) is 5.78. The molecule has 1 unspecified atom stereocenters. The zero-order valence-corrected chi connectivity index (χ0v) is 9.53. The molecule has 0 saturated heterocycles. The first-order chi connectivity index (χ1) is 7.22. The van der Waals surface area contributed by atoms with Crippen molar-refractivity contribution in [1.29, 1.82) is 0 Å². The second-order valence-corrected chi connectivity index (χ2v) is 4.80. The van der Waals surface area contributed by atoms with Crippen molar-refractivity contribution < 1.29 is 0 Å². The second-order valence-electron chi connectivity index (χ2n) is 4.80. The van der Waals surface area contributed by atoms with Crippen LogP contribution < -0.4 is 11.3 Å². The minimum absolute atomic E-state index is 0.353. The number of hydrogen-bond acceptors (Lipinski definition) is 2. The average Bonchev–Trinajstić information content (AvgIpc) is 3.04. The van der Waals surface area contributed by atoms with Gasteiger partial charge in [0.2, 0.25) is 0 Å². The summed E-state index contributed by atoms with van der Waals surface area (Å²) >= 11 is 0. The maximum Gasteiger partial charge on any atom is 0.0488 e. The molecular formula is C13H20N2. The van der Waals surface area contributed by atoms with Crippen molar-refractivity contribution in [3.8, 4) is 0 Å². The SMILES string of the molecule is CC(C)c1ccc(C(NN)C2CC2)cc1. The first-order valence-corrected chi connectivity index (χ1v) is 5.78. The lowest BCUT2D eigenvalue weighted by molar-refractivity contribution is 0.496. The summed E-state index contributed by atoms with van der Waals surface area (Å²) in [7, 11) is 0. The molecule has 0 amide bonds. The van der Waals surface area contributed by atoms with Gasteiger partial charge in [-0.1, -0.05) is 38.1 Å². The van der Waals surface area contributed by atoms with Crippen LogP contribution in [0.4, 0.5) is 0 Å². The summed E-state index contributed by atoms with van der Waals surface area (Å²) in [4.78, 5) is 0. The van der Waals surface area contributed by atoms with Gasteiger partial charge in [0.05, 0.1) is 0 Å². The molecule has 1 aliphatic rings. The molecule has 0 bridgehead atoms. The van der Waals surface area contributed by atoms with Gasteiger partial charge in [-0.05, 0) is 35.8 Å². The van der Waals surface area contributed by atoms with Gasteiger partial charge in [-0.15, -0.1) is 0 Å². The first kappa shape index (κ1) is 10.7. The Labute approximate surface area is 91.8 Å². The van der Waals surface area contributed by atoms with E-state index in [4.69, 9.17) is 5.84 Å². The summed E-state index contributed by atoms with van der Waals surface area (Å²) in [6, 6.07) is 9.20. The molecule has 2 heteroatoms. The molecule has 1 aromatic rings. The number of benzene rings is 1. The van der Waals surface area contributed by atoms with Crippen LogP contribution in [-0.2, 0) is 0 Å². The number of rotatable bonds is 4. The summed E-state index contributed by atoms with van der Waals surface area (Å²) in [5.41, 5.74) is 5.65. The predicted molar refractivity (Wildman–Crippen MR) is 63.3 cm³/mol. The predicted octanol–water partition coefficient (Wildman–Crippen LogP) is 2.72. The molecule has 82 valence electrons. The highest BCUT2D eigenvalue weighted by atomic mass is 15.2. The highest BCUT2D eigenvalue weighted by molar-refractivity contribution is 5.27. The Hall–Kier alpha value is -0.860. The fraction of sp³-hybridized carbons (Fsp3) is 0.538. The molecule has 3 N–H and O–H groups in total. The van der Waals surface area contributed by atoms with Crippen LogP contribution in [0.3, 0.4) is 0 Å². The molecule has 1 aromatic carbocycles. The highest BCUT2D eigenvalue weighted by Gasteiger charge is 2.31. The Morgan fingerprint density at radius 2 is 1.67 bits per heavy atom. The fourth-order valence-electron chi connectivity index (χ4n) is 2.02. The van der Waals surface area contributed by atoms with E-state index in [0.29, 0.717) is 12.0 Å². The number of nitrogens with two attached hydrogens (primary N) is 1. The van der Waals surface area contributed by atoms with Crippen LogP contribution >= 0.6 is 0 Å². The van der Waals surface area contributed by atoms with E-state index in [0.717, 1.165) is 5.92 Å². The van der Waals surface area contributed by atoms with Gasteiger partial charge in [-0.3, -0.25) is 11.3 Å². The van der Waals surface area contributed by atoms with E-state index in [2.05, 4.69) is 43.5 Å². The van der Waals surface area contributed by atoms with Crippen LogP contribution in [0.5, 0.6) is 0 Å². The molecule has 1 fully saturated rings. The van der Waals surface area contributed by atoms with Crippen LogP contribution in [0.25, 0.3) is 0 Å². The van der Waals surface area contributed by atoms with E-state index in [1.54, 1.807) is 0 Å². The fourth-order valence-corrected chi connectivity index (χ4v) is 2.02. The quantitative estimate of drug-likeness (QED) is 0.584. The molecule has 15 heavy (non-hydrogen) atoms. The van der Waals surface area contributed by atoms with E-state index in [-0.39, 0.29) is 0 Å². The van der Waals surface area contributed by atoms with E-state index in [1.807, 2.05) is 0 Å². The lowest BCUT2D eigenvalue weighted by Gasteiger charge is -2.16. The molecule has 1 aliphatic carbocycles. The molecule has 1 saturated carbocycles. The Morgan fingerprint density at radius 3 is 2.07 bits per heavy atom. The number of hydrogen-bond donors (Lipinski definition) is 2. The minimum atomic E-state index is 0.353. The zero-order valence-electron chi connectivity index (χ0n) is 9.53. The van der Waals surface area contributed by atoms with Crippen LogP contribution in [0, 0.1) is 5.92 Å². The van der Waals surface area contributed by atoms with E-state index >= 15 is 0 Å². The summed E-state index contributed by atoms with van der Waals surface area (Å²) < 4.78 is 0. The van der Waals surface area contributed by atoms with Gasteiger partial charge in [0.25, 0.3) is 0 Å². The van der Waals surface area contributed by atoms with Gasteiger partial charge in [0.1, 0.15) is 0 Å². The van der Waals surface area contributed by atoms with E-state index in [1.165, 1.54) is 24.0 Å². The van der Waals surface area contributed by atoms with Gasteiger partial charge in [-0.25, -0.2) is 0 Å². The third kappa shape index (κ3) is 2.39. The van der Waals surface area contributed by atoms with Crippen molar-refractivity contribution in [2.45, 2.75) is 38.6 Å². The Morgan fingerprint density at radius 1 is 1.13 bits per heavy atom. The Bertz CT molecular complexity index is 312. The molecular weight excluding hydrogens is 184 g/mol. The van der Waals surface area contributed by atoms with Crippen molar-refractivity contribution in [1.82, 2.24) is 5.43 Å². The smallest absolute Gasteiger partial charge is 0.0488 e. The lowest BCUT2D eigenvalue weighted by atomic mass is 9.97. The van der Waals surface area contributed by atoms with Crippen LogP contribution in [0.1, 0.15) is 49.8 Å². The highest BCUT2D eigenvalue weighted by Crippen LogP contribution is 2.40. The molecule has 0 aliphatic heterocycles. The standard InChI is InChI=1S/C13H20N2/c1-9(2)10-3-5-11(6-4-10)13(15-14)12-7-8-12/h3-6,9,12-13,15H,7-8,14H2,1-2H3. The van der Waals surface area contributed by atoms with Crippen molar-refractivity contribution in [3.05, 3.63) is 35.4 Å². The summed E-state index contributed by atoms with van der Waals surface area (Å²) in [5, 5.41) is 0. The van der Waals surface area contributed by atoms with Gasteiger partial charge in [0, 0.05) is 6.04 Å². The van der Waals surface area contributed by atoms with Crippen LogP contribution in [-0.4, -0.2) is 0 Å². The molecule has 0 heterocycles. The molecule has 0 aromatic heterocycles. The largest absolute Gasteiger partial charge is 0.271 e. The van der Waals surface area contributed by atoms with E-state index < -0.39 is 0 Å². The molecule has 0 spiro atoms. The van der Waals surface area contributed by atoms with Crippen molar-refractivity contribution in [3.63, 3.8) is 0 Å². The average molecular weight is 204 g/mol. The third-order valence-corrected chi connectivity index (χ3v) is 3.24. The van der Waals surface area contributed by atoms with E-state index in [9.17, 15) is 0 Å². The number of hydrazine groups is 1. The summed E-state index contributed by atoms with van der Waals surface area (Å²) in [6.07, 6.45) is 2.61. The maximum absolute atomic E-state index is 5.59. The van der Waals surface area contributed by atoms with Gasteiger partial charge < -0.3 is 0 Å². The van der Waals surface area contributed by atoms with Crippen molar-refractivity contribution in [2.24, 2.45) is 11.8 Å². The lowest BCUT2D eigenvalue weighted by Crippen LogP contribution is -2.29. The van der Waals surface area contributed by atoms with Crippen LogP contribution in [0.2, 0.25) is 0 Å². The van der Waals surface area contributed by atoms with Gasteiger partial charge in [-0.2, -0.15) is 0 Å². The second kappa shape index (κ2) is 4.33. The monoisotopic (exact) mass is 204 g/mol. The van der Waals surface area contributed by atoms with Gasteiger partial charge >= 0.3 is 0 Å². The van der Waals surface area contributed by atoms with Crippen molar-refractivity contribution >= 4 is 0 Å². The minimum Gasteiger partial charge on any atom is -0.271 e. The topological polar surface area (TPSA) is 38.0 Å². The normalized spacial score (nSPS) is 18.1. The molecule has 2 rings (SSSR count). The molecule has 0 radical (unpaired) electrons. The molecule has 2 nitrogen and oxygen atoms in total. The van der Waals surface area contributed by atoms with Crippen LogP contribution in [0.15, 0.2) is 24.3 Å². The summed E-state index contributed by atoms with van der Waals surface area (Å²) in [6.45, 7) is 4.43. The number of nitrogens with one attached hydrogen (secondary N) is 1. The Kier molecular flexibility index (Phi) is 3.08. The summed E-state index contributed by atoms with van der Waals surface area (Å²) in [5.74, 6) is 6.94. The Balaban J connectivity index is 2.14. The zero-order chi connectivity index (χ0) is 10.8. The van der Waals surface area contributed by atoms with Gasteiger partial charge in [0.15, 0.2) is 0 Å². The van der Waals surface area contributed by atoms with Crippen molar-refractivity contribution in [2.75, 3.05) is 0 Å².